The quantitative estimate of drug-likeness (QED) is 0.778. The molecule has 0 amide bonds. The first-order chi connectivity index (χ1) is 6.99. The van der Waals surface area contributed by atoms with E-state index in [1.165, 1.54) is 17.7 Å². The summed E-state index contributed by atoms with van der Waals surface area (Å²) in [4.78, 5) is 1.50. The Balaban J connectivity index is 2.32. The molecule has 0 saturated carbocycles. The smallest absolute Gasteiger partial charge is 0.00505 e. The largest absolute Gasteiger partial charge is 0.315 e. The second-order valence-electron chi connectivity index (χ2n) is 5.28. The van der Waals surface area contributed by atoms with Gasteiger partial charge in [0.1, 0.15) is 0 Å². The highest BCUT2D eigenvalue weighted by molar-refractivity contribution is 7.09. The molecule has 0 atom stereocenters. The molecule has 0 aromatic carbocycles. The molecule has 0 aliphatic carbocycles. The predicted molar refractivity (Wildman–Crippen MR) is 69.6 cm³/mol. The van der Waals surface area contributed by atoms with Crippen LogP contribution in [-0.2, 0) is 6.42 Å². The first kappa shape index (κ1) is 12.7. The van der Waals surface area contributed by atoms with E-state index in [1.807, 2.05) is 11.3 Å². The van der Waals surface area contributed by atoms with E-state index in [4.69, 9.17) is 0 Å². The topological polar surface area (TPSA) is 12.0 Å². The van der Waals surface area contributed by atoms with E-state index in [9.17, 15) is 0 Å². The SMILES string of the molecule is CC(C)NCCC(C)(C)Cc1cccs1. The van der Waals surface area contributed by atoms with E-state index in [2.05, 4.69) is 50.5 Å². The molecule has 0 bridgehead atoms. The number of nitrogens with one attached hydrogen (secondary N) is 1. The summed E-state index contributed by atoms with van der Waals surface area (Å²) in [6.07, 6.45) is 2.44. The fourth-order valence-corrected chi connectivity index (χ4v) is 2.64. The normalized spacial score (nSPS) is 12.3. The molecule has 1 heterocycles. The van der Waals surface area contributed by atoms with Crippen molar-refractivity contribution in [2.24, 2.45) is 5.41 Å². The van der Waals surface area contributed by atoms with E-state index in [1.54, 1.807) is 0 Å². The fourth-order valence-electron chi connectivity index (χ4n) is 1.67. The predicted octanol–water partition coefficient (Wildman–Crippen LogP) is 3.70. The van der Waals surface area contributed by atoms with Crippen LogP contribution in [0.15, 0.2) is 17.5 Å². The van der Waals surface area contributed by atoms with Crippen molar-refractivity contribution < 1.29 is 0 Å². The van der Waals surface area contributed by atoms with Crippen LogP contribution in [0.2, 0.25) is 0 Å². The maximum Gasteiger partial charge on any atom is 0.00505 e. The summed E-state index contributed by atoms with van der Waals surface area (Å²) in [5, 5.41) is 5.65. The first-order valence-corrected chi connectivity index (χ1v) is 6.63. The Morgan fingerprint density at radius 2 is 2.13 bits per heavy atom. The Kier molecular flexibility index (Phi) is 4.81. The van der Waals surface area contributed by atoms with Crippen molar-refractivity contribution in [1.82, 2.24) is 5.32 Å². The minimum absolute atomic E-state index is 0.409. The van der Waals surface area contributed by atoms with Crippen LogP contribution >= 0.6 is 11.3 Å². The minimum Gasteiger partial charge on any atom is -0.315 e. The fraction of sp³-hybridized carbons (Fsp3) is 0.692. The Morgan fingerprint density at radius 1 is 1.40 bits per heavy atom. The number of thiophene rings is 1. The maximum atomic E-state index is 3.48. The number of hydrogen-bond acceptors (Lipinski definition) is 2. The molecule has 1 N–H and O–H groups in total. The molecule has 0 spiro atoms. The van der Waals surface area contributed by atoms with Crippen LogP contribution in [0.5, 0.6) is 0 Å². The zero-order valence-electron chi connectivity index (χ0n) is 10.3. The number of rotatable bonds is 6. The van der Waals surface area contributed by atoms with Crippen molar-refractivity contribution in [2.75, 3.05) is 6.54 Å². The average molecular weight is 225 g/mol. The molecule has 0 unspecified atom stereocenters. The van der Waals surface area contributed by atoms with Gasteiger partial charge in [0, 0.05) is 10.9 Å². The Labute approximate surface area is 97.9 Å². The average Bonchev–Trinajstić information content (AvgIpc) is 2.54. The highest BCUT2D eigenvalue weighted by Crippen LogP contribution is 2.27. The molecule has 0 saturated heterocycles. The van der Waals surface area contributed by atoms with Gasteiger partial charge in [0.25, 0.3) is 0 Å². The molecule has 1 nitrogen and oxygen atoms in total. The minimum atomic E-state index is 0.409. The van der Waals surface area contributed by atoms with Crippen LogP contribution in [0.4, 0.5) is 0 Å². The second kappa shape index (κ2) is 5.66. The molecule has 0 fully saturated rings. The van der Waals surface area contributed by atoms with Gasteiger partial charge in [-0.05, 0) is 36.2 Å². The summed E-state index contributed by atoms with van der Waals surface area (Å²) < 4.78 is 0. The third kappa shape index (κ3) is 5.33. The van der Waals surface area contributed by atoms with Crippen molar-refractivity contribution >= 4 is 11.3 Å². The molecular weight excluding hydrogens is 202 g/mol. The lowest BCUT2D eigenvalue weighted by Crippen LogP contribution is -2.28. The number of hydrogen-bond donors (Lipinski definition) is 1. The molecular formula is C13H23NS. The summed E-state index contributed by atoms with van der Waals surface area (Å²) in [5.74, 6) is 0. The summed E-state index contributed by atoms with van der Waals surface area (Å²) in [6.45, 7) is 10.2. The van der Waals surface area contributed by atoms with Gasteiger partial charge in [-0.3, -0.25) is 0 Å². The lowest BCUT2D eigenvalue weighted by molar-refractivity contribution is 0.323. The van der Waals surface area contributed by atoms with Crippen LogP contribution in [0.25, 0.3) is 0 Å². The van der Waals surface area contributed by atoms with E-state index in [-0.39, 0.29) is 0 Å². The molecule has 1 rings (SSSR count). The van der Waals surface area contributed by atoms with Crippen molar-refractivity contribution in [3.05, 3.63) is 22.4 Å². The van der Waals surface area contributed by atoms with E-state index in [0.717, 1.165) is 6.54 Å². The third-order valence-electron chi connectivity index (χ3n) is 2.59. The first-order valence-electron chi connectivity index (χ1n) is 5.75. The van der Waals surface area contributed by atoms with Crippen molar-refractivity contribution in [3.8, 4) is 0 Å². The summed E-state index contributed by atoms with van der Waals surface area (Å²) in [6, 6.07) is 4.98. The highest BCUT2D eigenvalue weighted by atomic mass is 32.1. The van der Waals surface area contributed by atoms with E-state index < -0.39 is 0 Å². The molecule has 15 heavy (non-hydrogen) atoms. The monoisotopic (exact) mass is 225 g/mol. The Hall–Kier alpha value is -0.340. The van der Waals surface area contributed by atoms with Crippen LogP contribution < -0.4 is 5.32 Å². The lowest BCUT2D eigenvalue weighted by atomic mass is 9.85. The lowest BCUT2D eigenvalue weighted by Gasteiger charge is -2.24. The van der Waals surface area contributed by atoms with E-state index >= 15 is 0 Å². The van der Waals surface area contributed by atoms with E-state index in [0.29, 0.717) is 11.5 Å². The zero-order chi connectivity index (χ0) is 11.3. The maximum absolute atomic E-state index is 3.48. The molecule has 2 heteroatoms. The molecule has 86 valence electrons. The second-order valence-corrected chi connectivity index (χ2v) is 6.31. The van der Waals surface area contributed by atoms with Gasteiger partial charge >= 0.3 is 0 Å². The van der Waals surface area contributed by atoms with Gasteiger partial charge in [0.2, 0.25) is 0 Å². The van der Waals surface area contributed by atoms with Crippen LogP contribution in [0.3, 0.4) is 0 Å². The Morgan fingerprint density at radius 3 is 2.67 bits per heavy atom. The summed E-state index contributed by atoms with van der Waals surface area (Å²) in [7, 11) is 0. The molecule has 1 aromatic heterocycles. The highest BCUT2D eigenvalue weighted by Gasteiger charge is 2.18. The van der Waals surface area contributed by atoms with Crippen LogP contribution in [-0.4, -0.2) is 12.6 Å². The van der Waals surface area contributed by atoms with Gasteiger partial charge in [0.15, 0.2) is 0 Å². The standard InChI is InChI=1S/C13H23NS/c1-11(2)14-8-7-13(3,4)10-12-6-5-9-15-12/h5-6,9,11,14H,7-8,10H2,1-4H3. The third-order valence-corrected chi connectivity index (χ3v) is 3.46. The molecule has 0 aliphatic heterocycles. The Bertz CT molecular complexity index is 262. The van der Waals surface area contributed by atoms with Gasteiger partial charge in [-0.1, -0.05) is 33.8 Å². The van der Waals surface area contributed by atoms with Crippen molar-refractivity contribution in [2.45, 2.75) is 46.6 Å². The zero-order valence-corrected chi connectivity index (χ0v) is 11.2. The summed E-state index contributed by atoms with van der Waals surface area (Å²) in [5.41, 5.74) is 0.409. The van der Waals surface area contributed by atoms with Gasteiger partial charge in [-0.2, -0.15) is 0 Å². The van der Waals surface area contributed by atoms with Gasteiger partial charge < -0.3 is 5.32 Å². The summed E-state index contributed by atoms with van der Waals surface area (Å²) >= 11 is 1.87. The molecule has 0 aliphatic rings. The molecule has 0 radical (unpaired) electrons. The van der Waals surface area contributed by atoms with Crippen molar-refractivity contribution in [1.29, 1.82) is 0 Å². The van der Waals surface area contributed by atoms with Crippen LogP contribution in [0, 0.1) is 5.41 Å². The molecule has 1 aromatic rings. The van der Waals surface area contributed by atoms with Gasteiger partial charge in [0.05, 0.1) is 0 Å². The van der Waals surface area contributed by atoms with Crippen LogP contribution in [0.1, 0.15) is 39.0 Å². The van der Waals surface area contributed by atoms with Crippen molar-refractivity contribution in [3.63, 3.8) is 0 Å². The van der Waals surface area contributed by atoms with Gasteiger partial charge in [-0.25, -0.2) is 0 Å². The van der Waals surface area contributed by atoms with Gasteiger partial charge in [-0.15, -0.1) is 11.3 Å².